The Morgan fingerprint density at radius 1 is 0.790 bits per heavy atom. The van der Waals surface area contributed by atoms with Gasteiger partial charge in [-0.3, -0.25) is 4.90 Å². The van der Waals surface area contributed by atoms with Gasteiger partial charge in [-0.2, -0.15) is 9.97 Å². The van der Waals surface area contributed by atoms with Crippen LogP contribution in [0.1, 0.15) is 128 Å². The molecule has 11 heteroatoms. The molecule has 1 aromatic heterocycles. The van der Waals surface area contributed by atoms with Crippen LogP contribution < -0.4 is 14.1 Å². The lowest BCUT2D eigenvalue weighted by Gasteiger charge is -2.42. The summed E-state index contributed by atoms with van der Waals surface area (Å²) in [6.07, 6.45) is 3.45. The largest absolute Gasteiger partial charge is 0.543 e. The number of benzene rings is 3. The molecule has 0 amide bonds. The van der Waals surface area contributed by atoms with Crippen LogP contribution in [0.4, 0.5) is 14.6 Å². The number of hydrogen-bond acceptors (Lipinski definition) is 7. The molecule has 2 aliphatic rings. The van der Waals surface area contributed by atoms with Gasteiger partial charge in [-0.05, 0) is 122 Å². The number of likely N-dealkylation sites (tertiary alicyclic amines) is 1. The van der Waals surface area contributed by atoms with Gasteiger partial charge in [0, 0.05) is 29.4 Å². The lowest BCUT2D eigenvalue weighted by Crippen LogP contribution is -2.50. The van der Waals surface area contributed by atoms with Crippen molar-refractivity contribution >= 4 is 43.9 Å². The zero-order chi connectivity index (χ0) is 45.7. The van der Waals surface area contributed by atoms with Gasteiger partial charge < -0.3 is 19.2 Å². The summed E-state index contributed by atoms with van der Waals surface area (Å²) in [5.74, 6) is 3.64. The van der Waals surface area contributed by atoms with Crippen molar-refractivity contribution in [2.24, 2.45) is 0 Å². The summed E-state index contributed by atoms with van der Waals surface area (Å²) in [4.78, 5) is 14.1. The molecule has 7 nitrogen and oxygen atoms in total. The zero-order valence-corrected chi connectivity index (χ0v) is 42.4. The normalized spacial score (nSPS) is 20.5. The lowest BCUT2D eigenvalue weighted by atomic mass is 9.92. The average Bonchev–Trinajstić information content (AvgIpc) is 3.52. The maximum atomic E-state index is 18.0. The van der Waals surface area contributed by atoms with Crippen molar-refractivity contribution in [1.29, 1.82) is 0 Å². The van der Waals surface area contributed by atoms with E-state index in [0.29, 0.717) is 87.3 Å². The van der Waals surface area contributed by atoms with E-state index in [2.05, 4.69) is 113 Å². The van der Waals surface area contributed by atoms with Crippen molar-refractivity contribution in [2.75, 3.05) is 38.2 Å². The molecule has 0 aliphatic carbocycles. The summed E-state index contributed by atoms with van der Waals surface area (Å²) in [7, 11) is -2.67. The van der Waals surface area contributed by atoms with Gasteiger partial charge >= 0.3 is 6.01 Å². The smallest absolute Gasteiger partial charge is 0.319 e. The van der Waals surface area contributed by atoms with Crippen LogP contribution in [0.25, 0.3) is 32.8 Å². The number of β-amino-alcohol motifs (C(OH)–C–C–N with tert-alkyl or cyclic N) is 1. The molecule has 3 heterocycles. The maximum Gasteiger partial charge on any atom is 0.319 e. The van der Waals surface area contributed by atoms with Crippen molar-refractivity contribution < 1.29 is 23.1 Å². The van der Waals surface area contributed by atoms with Gasteiger partial charge in [0.25, 0.3) is 8.32 Å². The van der Waals surface area contributed by atoms with E-state index < -0.39 is 33.6 Å². The number of ether oxygens (including phenoxy) is 1. The van der Waals surface area contributed by atoms with Gasteiger partial charge in [-0.25, -0.2) is 8.78 Å². The van der Waals surface area contributed by atoms with Crippen molar-refractivity contribution in [3.8, 4) is 34.4 Å². The molecule has 3 aromatic carbocycles. The number of anilines is 1. The van der Waals surface area contributed by atoms with Gasteiger partial charge in [0.15, 0.2) is 5.82 Å². The number of rotatable bonds is 13. The quantitative estimate of drug-likeness (QED) is 0.106. The van der Waals surface area contributed by atoms with Crippen molar-refractivity contribution in [3.63, 3.8) is 0 Å². The summed E-state index contributed by atoms with van der Waals surface area (Å²) in [6.45, 7) is 33.3. The highest BCUT2D eigenvalue weighted by Crippen LogP contribution is 2.47. The van der Waals surface area contributed by atoms with Gasteiger partial charge in [-0.1, -0.05) is 101 Å². The number of piperidine rings is 1. The molecule has 2 unspecified atom stereocenters. The van der Waals surface area contributed by atoms with Crippen LogP contribution in [0.3, 0.4) is 0 Å². The van der Waals surface area contributed by atoms with Gasteiger partial charge in [0.05, 0.1) is 16.7 Å². The van der Waals surface area contributed by atoms with Gasteiger partial charge in [0.1, 0.15) is 37.6 Å². The SMILES string of the molecule is CC(C)[Si](C#Cc1c(F)ccc2cc(O[Si](C(C)C)(C(C)C)C(C)C)cc(-c3ccc4c(N5CCCC(C)(O)C5)nc(OCC5(C)CCCN5C)nc4c3F)c12)(C(C)C)C(C)C. The topological polar surface area (TPSA) is 71.0 Å². The standard InChI is InChI=1S/C51H74F2N4O3Si2/c1-32(2)61(33(3)4,34(5)6)27-22-41-44(52)21-18-38-28-39(60-62(35(7)8,36(9)10)37(11)12)29-43(45(38)41)40-19-20-42-47(46(40)53)54-49(59-31-50(13)23-16-25-56(50)15)55-48(42)57-26-17-24-51(14,58)30-57/h18-21,28-29,32-37,58H,16-17,23-26,30-31H2,1-15H3. The lowest BCUT2D eigenvalue weighted by molar-refractivity contribution is 0.0447. The predicted molar refractivity (Wildman–Crippen MR) is 260 cm³/mol. The summed E-state index contributed by atoms with van der Waals surface area (Å²) in [6, 6.07) is 10.9. The molecule has 1 N–H and O–H groups in total. The molecule has 2 atom stereocenters. The van der Waals surface area contributed by atoms with E-state index in [-0.39, 0.29) is 28.2 Å². The second kappa shape index (κ2) is 18.1. The average molecular weight is 885 g/mol. The molecule has 2 fully saturated rings. The van der Waals surface area contributed by atoms with E-state index in [1.54, 1.807) is 12.1 Å². The molecular formula is C51H74F2N4O3Si2. The third kappa shape index (κ3) is 8.79. The first-order chi connectivity index (χ1) is 29.0. The fraction of sp³-hybridized carbons (Fsp3) is 0.608. The molecular weight excluding hydrogens is 811 g/mol. The number of likely N-dealkylation sites (N-methyl/N-ethyl adjacent to an activating group) is 1. The van der Waals surface area contributed by atoms with Crippen LogP contribution >= 0.6 is 0 Å². The van der Waals surface area contributed by atoms with Crippen molar-refractivity contribution in [2.45, 2.75) is 167 Å². The first kappa shape index (κ1) is 47.9. The number of halogens is 2. The number of hydrogen-bond donors (Lipinski definition) is 1. The summed E-state index contributed by atoms with van der Waals surface area (Å²) in [5, 5.41) is 13.0. The molecule has 0 bridgehead atoms. The first-order valence-corrected chi connectivity index (χ1v) is 27.7. The van der Waals surface area contributed by atoms with E-state index in [1.807, 2.05) is 30.0 Å². The number of aromatic nitrogens is 2. The third-order valence-corrected chi connectivity index (χ3v) is 27.3. The highest BCUT2D eigenvalue weighted by molar-refractivity contribution is 6.90. The highest BCUT2D eigenvalue weighted by Gasteiger charge is 2.47. The Morgan fingerprint density at radius 2 is 1.42 bits per heavy atom. The fourth-order valence-corrected chi connectivity index (χ4v) is 22.0. The van der Waals surface area contributed by atoms with Crippen molar-refractivity contribution in [1.82, 2.24) is 14.9 Å². The van der Waals surface area contributed by atoms with Gasteiger partial charge in [-0.15, -0.1) is 5.54 Å². The Hall–Kier alpha value is -3.57. The molecule has 2 saturated heterocycles. The second-order valence-corrected chi connectivity index (χ2v) is 32.0. The minimum Gasteiger partial charge on any atom is -0.543 e. The molecule has 338 valence electrons. The molecule has 62 heavy (non-hydrogen) atoms. The van der Waals surface area contributed by atoms with Crippen LogP contribution in [0.2, 0.25) is 33.2 Å². The number of nitrogens with zero attached hydrogens (tertiary/aromatic N) is 4. The molecule has 4 aromatic rings. The van der Waals surface area contributed by atoms with E-state index in [9.17, 15) is 5.11 Å². The Labute approximate surface area is 373 Å². The fourth-order valence-electron chi connectivity index (χ4n) is 11.6. The zero-order valence-electron chi connectivity index (χ0n) is 40.4. The monoisotopic (exact) mass is 885 g/mol. The minimum absolute atomic E-state index is 0.0915. The number of fused-ring (bicyclic) bond motifs is 2. The second-order valence-electron chi connectivity index (χ2n) is 21.0. The van der Waals surface area contributed by atoms with E-state index in [0.717, 1.165) is 31.2 Å². The van der Waals surface area contributed by atoms with Gasteiger partial charge in [0.2, 0.25) is 0 Å². The minimum atomic E-state index is -2.47. The molecule has 6 rings (SSSR count). The summed E-state index contributed by atoms with van der Waals surface area (Å²) in [5.41, 5.74) is 5.72. The molecule has 2 aliphatic heterocycles. The molecule has 0 radical (unpaired) electrons. The Balaban J connectivity index is 1.66. The van der Waals surface area contributed by atoms with Crippen LogP contribution in [-0.2, 0) is 0 Å². The Morgan fingerprint density at radius 3 is 1.98 bits per heavy atom. The number of aliphatic hydroxyl groups is 1. The van der Waals surface area contributed by atoms with Crippen LogP contribution in [0.5, 0.6) is 11.8 Å². The predicted octanol–water partition coefficient (Wildman–Crippen LogP) is 13.1. The Kier molecular flexibility index (Phi) is 14.0. The van der Waals surface area contributed by atoms with Crippen molar-refractivity contribution in [3.05, 3.63) is 53.6 Å². The maximum absolute atomic E-state index is 18.0. The van der Waals surface area contributed by atoms with Crippen LogP contribution in [0.15, 0.2) is 36.4 Å². The molecule has 0 spiro atoms. The van der Waals surface area contributed by atoms with E-state index in [4.69, 9.17) is 19.1 Å². The van der Waals surface area contributed by atoms with Crippen LogP contribution in [0, 0.1) is 23.1 Å². The highest BCUT2D eigenvalue weighted by atomic mass is 28.4. The summed E-state index contributed by atoms with van der Waals surface area (Å²) >= 11 is 0. The molecule has 0 saturated carbocycles. The first-order valence-electron chi connectivity index (χ1n) is 23.3. The third-order valence-electron chi connectivity index (χ3n) is 15.0. The van der Waals surface area contributed by atoms with E-state index in [1.165, 1.54) is 6.07 Å². The van der Waals surface area contributed by atoms with Crippen LogP contribution in [-0.4, -0.2) is 80.8 Å². The Bertz CT molecular complexity index is 2290. The van der Waals surface area contributed by atoms with E-state index >= 15 is 8.78 Å². The summed E-state index contributed by atoms with van der Waals surface area (Å²) < 4.78 is 48.4.